The van der Waals surface area contributed by atoms with E-state index >= 15 is 0 Å². The van der Waals surface area contributed by atoms with Gasteiger partial charge in [-0.05, 0) is 24.6 Å². The van der Waals surface area contributed by atoms with E-state index in [1.165, 1.54) is 6.92 Å². The molecule has 1 rings (SSSR count). The third-order valence-corrected chi connectivity index (χ3v) is 1.65. The molecule has 1 aromatic rings. The Morgan fingerprint density at radius 2 is 2.15 bits per heavy atom. The first kappa shape index (κ1) is 9.31. The Bertz CT molecular complexity index is 363. The molecule has 0 amide bonds. The van der Waals surface area contributed by atoms with Crippen molar-refractivity contribution in [1.82, 2.24) is 0 Å². The number of hydrogen-bond donors (Lipinski definition) is 3. The summed E-state index contributed by atoms with van der Waals surface area (Å²) in [7, 11) is 0. The van der Waals surface area contributed by atoms with Crippen LogP contribution in [0.25, 0.3) is 0 Å². The zero-order valence-electron chi connectivity index (χ0n) is 6.95. The highest BCUT2D eigenvalue weighted by atomic mass is 19.1. The van der Waals surface area contributed by atoms with E-state index < -0.39 is 5.82 Å². The van der Waals surface area contributed by atoms with E-state index in [0.29, 0.717) is 5.56 Å². The summed E-state index contributed by atoms with van der Waals surface area (Å²) in [6.07, 6.45) is 0. The lowest BCUT2D eigenvalue weighted by Crippen LogP contribution is -2.13. The second-order valence-electron chi connectivity index (χ2n) is 2.60. The molecule has 0 atom stereocenters. The second-order valence-corrected chi connectivity index (χ2v) is 2.60. The van der Waals surface area contributed by atoms with Crippen molar-refractivity contribution in [3.8, 4) is 5.75 Å². The van der Waals surface area contributed by atoms with Gasteiger partial charge in [0, 0.05) is 0 Å². The summed E-state index contributed by atoms with van der Waals surface area (Å²) in [5, 5.41) is 20.4. The number of nitrogens with zero attached hydrogens (tertiary/aromatic N) is 1. The van der Waals surface area contributed by atoms with Gasteiger partial charge in [0.15, 0.2) is 5.84 Å². The third-order valence-electron chi connectivity index (χ3n) is 1.65. The van der Waals surface area contributed by atoms with Crippen LogP contribution in [0.1, 0.15) is 11.1 Å². The number of hydrogen-bond acceptors (Lipinski definition) is 3. The average molecular weight is 184 g/mol. The van der Waals surface area contributed by atoms with Crippen LogP contribution in [-0.4, -0.2) is 16.1 Å². The van der Waals surface area contributed by atoms with Crippen molar-refractivity contribution < 1.29 is 14.7 Å². The highest BCUT2D eigenvalue weighted by Gasteiger charge is 2.10. The number of halogens is 1. The Kier molecular flexibility index (Phi) is 2.36. The van der Waals surface area contributed by atoms with Crippen molar-refractivity contribution >= 4 is 5.84 Å². The summed E-state index contributed by atoms with van der Waals surface area (Å²) in [5.41, 5.74) is 5.53. The number of nitrogens with two attached hydrogens (primary N) is 1. The monoisotopic (exact) mass is 184 g/mol. The number of phenolic OH excluding ortho intramolecular Hbond substituents is 1. The number of benzene rings is 1. The highest BCUT2D eigenvalue weighted by Crippen LogP contribution is 2.22. The molecule has 1 aromatic carbocycles. The number of aryl methyl sites for hydroxylation is 1. The summed E-state index contributed by atoms with van der Waals surface area (Å²) >= 11 is 0. The van der Waals surface area contributed by atoms with Crippen LogP contribution in [0.5, 0.6) is 5.75 Å². The van der Waals surface area contributed by atoms with Crippen molar-refractivity contribution in [3.05, 3.63) is 29.1 Å². The molecule has 0 aliphatic rings. The van der Waals surface area contributed by atoms with Crippen LogP contribution < -0.4 is 5.73 Å². The lowest BCUT2D eigenvalue weighted by atomic mass is 10.1. The molecular formula is C8H9FN2O2. The second kappa shape index (κ2) is 3.30. The lowest BCUT2D eigenvalue weighted by molar-refractivity contribution is 0.318. The molecule has 0 saturated carbocycles. The maximum atomic E-state index is 12.8. The molecule has 70 valence electrons. The first-order valence-corrected chi connectivity index (χ1v) is 3.53. The topological polar surface area (TPSA) is 78.8 Å². The van der Waals surface area contributed by atoms with E-state index in [1.54, 1.807) is 0 Å². The Hall–Kier alpha value is -1.78. The third kappa shape index (κ3) is 1.69. The molecule has 4 nitrogen and oxygen atoms in total. The van der Waals surface area contributed by atoms with Gasteiger partial charge in [-0.25, -0.2) is 4.39 Å². The number of rotatable bonds is 1. The molecule has 0 radical (unpaired) electrons. The maximum Gasteiger partial charge on any atom is 0.173 e. The molecular weight excluding hydrogens is 175 g/mol. The molecule has 4 N–H and O–H groups in total. The van der Waals surface area contributed by atoms with Gasteiger partial charge in [-0.15, -0.1) is 0 Å². The Balaban J connectivity index is 3.37. The van der Waals surface area contributed by atoms with E-state index in [-0.39, 0.29) is 17.1 Å². The van der Waals surface area contributed by atoms with Gasteiger partial charge >= 0.3 is 0 Å². The zero-order chi connectivity index (χ0) is 10.0. The number of aromatic hydroxyl groups is 1. The van der Waals surface area contributed by atoms with Gasteiger partial charge < -0.3 is 16.0 Å². The van der Waals surface area contributed by atoms with Crippen LogP contribution in [0.3, 0.4) is 0 Å². The minimum Gasteiger partial charge on any atom is -0.507 e. The molecule has 0 fully saturated rings. The number of oxime groups is 1. The molecule has 0 heterocycles. The fraction of sp³-hybridized carbons (Fsp3) is 0.125. The van der Waals surface area contributed by atoms with Crippen LogP contribution >= 0.6 is 0 Å². The predicted molar refractivity (Wildman–Crippen MR) is 45.3 cm³/mol. The molecule has 0 spiro atoms. The summed E-state index contributed by atoms with van der Waals surface area (Å²) in [5.74, 6) is -1.05. The van der Waals surface area contributed by atoms with Gasteiger partial charge in [-0.2, -0.15) is 0 Å². The molecule has 0 bridgehead atoms. The normalized spacial score (nSPS) is 11.7. The SMILES string of the molecule is Cc1cc(F)cc(/C(N)=N\O)c1O. The first-order chi connectivity index (χ1) is 6.06. The fourth-order valence-electron chi connectivity index (χ4n) is 0.985. The highest BCUT2D eigenvalue weighted by molar-refractivity contribution is 5.99. The smallest absolute Gasteiger partial charge is 0.173 e. The molecule has 0 aliphatic heterocycles. The molecule has 0 aromatic heterocycles. The Labute approximate surface area is 74.1 Å². The summed E-state index contributed by atoms with van der Waals surface area (Å²) < 4.78 is 12.8. The fourth-order valence-corrected chi connectivity index (χ4v) is 0.985. The van der Waals surface area contributed by atoms with Gasteiger partial charge in [-0.1, -0.05) is 5.16 Å². The molecule has 0 aliphatic carbocycles. The van der Waals surface area contributed by atoms with E-state index in [2.05, 4.69) is 5.16 Å². The van der Waals surface area contributed by atoms with Crippen molar-refractivity contribution in [3.63, 3.8) is 0 Å². The van der Waals surface area contributed by atoms with Gasteiger partial charge in [0.2, 0.25) is 0 Å². The first-order valence-electron chi connectivity index (χ1n) is 3.53. The average Bonchev–Trinajstić information content (AvgIpc) is 2.10. The van der Waals surface area contributed by atoms with Gasteiger partial charge in [0.1, 0.15) is 11.6 Å². The van der Waals surface area contributed by atoms with Crippen LogP contribution in [0, 0.1) is 12.7 Å². The van der Waals surface area contributed by atoms with Crippen LogP contribution in [-0.2, 0) is 0 Å². The molecule has 0 saturated heterocycles. The van der Waals surface area contributed by atoms with Crippen LogP contribution in [0.2, 0.25) is 0 Å². The number of amidine groups is 1. The summed E-state index contributed by atoms with van der Waals surface area (Å²) in [6, 6.07) is 2.15. The van der Waals surface area contributed by atoms with Crippen LogP contribution in [0.4, 0.5) is 4.39 Å². The Morgan fingerprint density at radius 3 is 2.69 bits per heavy atom. The Morgan fingerprint density at radius 1 is 1.54 bits per heavy atom. The minimum atomic E-state index is -0.545. The quantitative estimate of drug-likeness (QED) is 0.263. The molecule has 13 heavy (non-hydrogen) atoms. The maximum absolute atomic E-state index is 12.8. The van der Waals surface area contributed by atoms with E-state index in [9.17, 15) is 9.50 Å². The van der Waals surface area contributed by atoms with Gasteiger partial charge in [-0.3, -0.25) is 0 Å². The number of phenols is 1. The standard InChI is InChI=1S/C8H9FN2O2/c1-4-2-5(9)3-6(7(4)12)8(10)11-13/h2-3,12-13H,1H3,(H2,10,11). The molecule has 5 heteroatoms. The lowest BCUT2D eigenvalue weighted by Gasteiger charge is -2.05. The summed E-state index contributed by atoms with van der Waals surface area (Å²) in [4.78, 5) is 0. The van der Waals surface area contributed by atoms with Crippen molar-refractivity contribution in [2.24, 2.45) is 10.9 Å². The van der Waals surface area contributed by atoms with E-state index in [4.69, 9.17) is 10.9 Å². The largest absolute Gasteiger partial charge is 0.507 e. The predicted octanol–water partition coefficient (Wildman–Crippen LogP) is 0.934. The van der Waals surface area contributed by atoms with Gasteiger partial charge in [0.05, 0.1) is 5.56 Å². The minimum absolute atomic E-state index is 0.0139. The van der Waals surface area contributed by atoms with Crippen molar-refractivity contribution in [1.29, 1.82) is 0 Å². The van der Waals surface area contributed by atoms with Crippen molar-refractivity contribution in [2.75, 3.05) is 0 Å². The van der Waals surface area contributed by atoms with Gasteiger partial charge in [0.25, 0.3) is 0 Å². The zero-order valence-corrected chi connectivity index (χ0v) is 6.95. The molecule has 0 unspecified atom stereocenters. The van der Waals surface area contributed by atoms with Crippen LogP contribution in [0.15, 0.2) is 17.3 Å². The van der Waals surface area contributed by atoms with E-state index in [1.807, 2.05) is 0 Å². The van der Waals surface area contributed by atoms with E-state index in [0.717, 1.165) is 12.1 Å². The summed E-state index contributed by atoms with van der Waals surface area (Å²) in [6.45, 7) is 1.52. The van der Waals surface area contributed by atoms with Crippen molar-refractivity contribution in [2.45, 2.75) is 6.92 Å².